The van der Waals surface area contributed by atoms with Gasteiger partial charge in [0.05, 0.1) is 0 Å². The molecule has 4 rings (SSSR count). The third-order valence-corrected chi connectivity index (χ3v) is 3.79. The van der Waals surface area contributed by atoms with Crippen LogP contribution in [0.1, 0.15) is 5.56 Å². The number of para-hydroxylation sites is 1. The van der Waals surface area contributed by atoms with Gasteiger partial charge < -0.3 is 0 Å². The molecule has 0 amide bonds. The van der Waals surface area contributed by atoms with Crippen molar-refractivity contribution >= 4 is 11.2 Å². The summed E-state index contributed by atoms with van der Waals surface area (Å²) < 4.78 is 4.38. The number of rotatable bonds is 3. The average Bonchev–Trinajstić information content (AvgIpc) is 2.96. The zero-order chi connectivity index (χ0) is 14.8. The molecule has 2 aromatic heterocycles. The molecule has 0 aliphatic rings. The van der Waals surface area contributed by atoms with Crippen molar-refractivity contribution in [2.75, 3.05) is 0 Å². The van der Waals surface area contributed by atoms with Gasteiger partial charge in [-0.05, 0) is 29.8 Å². The second kappa shape index (κ2) is 5.45. The Morgan fingerprint density at radius 2 is 1.55 bits per heavy atom. The maximum Gasteiger partial charge on any atom is 0.273 e. The van der Waals surface area contributed by atoms with Gasteiger partial charge in [-0.1, -0.05) is 48.5 Å². The molecule has 22 heavy (non-hydrogen) atoms. The molecule has 2 heterocycles. The van der Waals surface area contributed by atoms with Crippen molar-refractivity contribution in [3.63, 3.8) is 0 Å². The third kappa shape index (κ3) is 2.27. The van der Waals surface area contributed by atoms with Crippen LogP contribution in [0.3, 0.4) is 0 Å². The van der Waals surface area contributed by atoms with Gasteiger partial charge in [-0.3, -0.25) is 0 Å². The number of pyridine rings is 1. The molecule has 0 N–H and O–H groups in total. The predicted octanol–water partition coefficient (Wildman–Crippen LogP) is 3.36. The van der Waals surface area contributed by atoms with E-state index < -0.39 is 0 Å². The highest BCUT2D eigenvalue weighted by Gasteiger charge is 2.18. The highest BCUT2D eigenvalue weighted by atomic mass is 15.2. The quantitative estimate of drug-likeness (QED) is 0.529. The molecule has 3 heteroatoms. The van der Waals surface area contributed by atoms with Crippen LogP contribution in [0.2, 0.25) is 0 Å². The highest BCUT2D eigenvalue weighted by Crippen LogP contribution is 2.15. The number of hydrogen-bond acceptors (Lipinski definition) is 1. The van der Waals surface area contributed by atoms with Crippen molar-refractivity contribution < 1.29 is 4.57 Å². The number of benzene rings is 2. The van der Waals surface area contributed by atoms with Crippen LogP contribution >= 0.6 is 0 Å². The highest BCUT2D eigenvalue weighted by molar-refractivity contribution is 5.69. The maximum atomic E-state index is 4.56. The van der Waals surface area contributed by atoms with Gasteiger partial charge in [0.1, 0.15) is 12.2 Å². The van der Waals surface area contributed by atoms with Gasteiger partial charge in [-0.2, -0.15) is 4.57 Å². The van der Waals surface area contributed by atoms with Gasteiger partial charge in [-0.15, -0.1) is 0 Å². The Kier molecular flexibility index (Phi) is 3.16. The summed E-state index contributed by atoms with van der Waals surface area (Å²) in [5.41, 5.74) is 4.52. The van der Waals surface area contributed by atoms with E-state index in [-0.39, 0.29) is 0 Å². The van der Waals surface area contributed by atoms with E-state index in [0.29, 0.717) is 0 Å². The maximum absolute atomic E-state index is 4.56. The van der Waals surface area contributed by atoms with E-state index >= 15 is 0 Å². The SMILES string of the molecule is c1ccc(C[n+]2cn(-c3ccccc3)c3ncccc32)cc1. The van der Waals surface area contributed by atoms with Gasteiger partial charge >= 0.3 is 0 Å². The van der Waals surface area contributed by atoms with Crippen molar-refractivity contribution in [2.24, 2.45) is 0 Å². The Bertz CT molecular complexity index is 896. The van der Waals surface area contributed by atoms with Crippen LogP contribution in [0, 0.1) is 0 Å². The van der Waals surface area contributed by atoms with E-state index in [1.54, 1.807) is 0 Å². The summed E-state index contributed by atoms with van der Waals surface area (Å²) in [6.07, 6.45) is 3.97. The minimum Gasteiger partial charge on any atom is -0.224 e. The third-order valence-electron chi connectivity index (χ3n) is 3.79. The fraction of sp³-hybridized carbons (Fsp3) is 0.0526. The summed E-state index contributed by atoms with van der Waals surface area (Å²) in [5, 5.41) is 0. The Morgan fingerprint density at radius 1 is 0.818 bits per heavy atom. The van der Waals surface area contributed by atoms with E-state index in [1.165, 1.54) is 5.56 Å². The summed E-state index contributed by atoms with van der Waals surface area (Å²) in [6, 6.07) is 24.9. The zero-order valence-electron chi connectivity index (χ0n) is 12.1. The molecule has 0 aliphatic heterocycles. The van der Waals surface area contributed by atoms with Gasteiger partial charge in [0.25, 0.3) is 12.0 Å². The van der Waals surface area contributed by atoms with Crippen molar-refractivity contribution in [2.45, 2.75) is 6.54 Å². The topological polar surface area (TPSA) is 21.7 Å². The summed E-state index contributed by atoms with van der Waals surface area (Å²) in [6.45, 7) is 0.836. The van der Waals surface area contributed by atoms with Crippen molar-refractivity contribution in [3.05, 3.63) is 90.9 Å². The second-order valence-electron chi connectivity index (χ2n) is 5.28. The first-order valence-corrected chi connectivity index (χ1v) is 7.37. The molecule has 0 fully saturated rings. The number of hydrogen-bond donors (Lipinski definition) is 0. The van der Waals surface area contributed by atoms with Gasteiger partial charge in [-0.25, -0.2) is 9.55 Å². The van der Waals surface area contributed by atoms with Crippen LogP contribution < -0.4 is 4.57 Å². The Labute approximate surface area is 129 Å². The number of fused-ring (bicyclic) bond motifs is 1. The molecule has 4 aromatic rings. The lowest BCUT2D eigenvalue weighted by Gasteiger charge is -1.97. The van der Waals surface area contributed by atoms with Crippen LogP contribution in [0.5, 0.6) is 0 Å². The summed E-state index contributed by atoms with van der Waals surface area (Å²) >= 11 is 0. The van der Waals surface area contributed by atoms with Crippen LogP contribution in [0.15, 0.2) is 85.3 Å². The van der Waals surface area contributed by atoms with E-state index in [0.717, 1.165) is 23.4 Å². The number of aromatic nitrogens is 3. The van der Waals surface area contributed by atoms with E-state index in [1.807, 2.05) is 36.5 Å². The van der Waals surface area contributed by atoms with Gasteiger partial charge in [0.2, 0.25) is 0 Å². The molecule has 0 bridgehead atoms. The van der Waals surface area contributed by atoms with Crippen LogP contribution in [-0.2, 0) is 6.54 Å². The molecule has 106 valence electrons. The normalized spacial score (nSPS) is 10.9. The second-order valence-corrected chi connectivity index (χ2v) is 5.28. The first-order chi connectivity index (χ1) is 10.9. The lowest BCUT2D eigenvalue weighted by molar-refractivity contribution is -0.662. The predicted molar refractivity (Wildman–Crippen MR) is 86.8 cm³/mol. The molecule has 0 saturated carbocycles. The van der Waals surface area contributed by atoms with Crippen LogP contribution in [0.4, 0.5) is 0 Å². The molecule has 0 radical (unpaired) electrons. The average molecular weight is 286 g/mol. The summed E-state index contributed by atoms with van der Waals surface area (Å²) in [5.74, 6) is 0. The monoisotopic (exact) mass is 286 g/mol. The van der Waals surface area contributed by atoms with Crippen LogP contribution in [-0.4, -0.2) is 9.55 Å². The molecule has 0 spiro atoms. The van der Waals surface area contributed by atoms with Gasteiger partial charge in [0, 0.05) is 6.20 Å². The minimum absolute atomic E-state index is 0.836. The molecule has 2 aromatic carbocycles. The van der Waals surface area contributed by atoms with Crippen LogP contribution in [0.25, 0.3) is 16.9 Å². The van der Waals surface area contributed by atoms with E-state index in [4.69, 9.17) is 0 Å². The molecule has 3 nitrogen and oxygen atoms in total. The lowest BCUT2D eigenvalue weighted by atomic mass is 10.2. The lowest BCUT2D eigenvalue weighted by Crippen LogP contribution is -2.32. The fourth-order valence-electron chi connectivity index (χ4n) is 2.74. The largest absolute Gasteiger partial charge is 0.273 e. The number of imidazole rings is 1. The molecule has 0 atom stereocenters. The molecular weight excluding hydrogens is 270 g/mol. The van der Waals surface area contributed by atoms with E-state index in [9.17, 15) is 0 Å². The molecule has 0 aliphatic carbocycles. The van der Waals surface area contributed by atoms with Crippen molar-refractivity contribution in [1.82, 2.24) is 9.55 Å². The van der Waals surface area contributed by atoms with Gasteiger partial charge in [0.15, 0.2) is 5.52 Å². The standard InChI is InChI=1S/C19H16N3/c1-3-8-16(9-4-1)14-21-15-22(17-10-5-2-6-11-17)19-18(21)12-7-13-20-19/h1-13,15H,14H2/q+1. The summed E-state index contributed by atoms with van der Waals surface area (Å²) in [7, 11) is 0. The first-order valence-electron chi connectivity index (χ1n) is 7.37. The Morgan fingerprint density at radius 3 is 2.32 bits per heavy atom. The Balaban J connectivity index is 1.86. The minimum atomic E-state index is 0.836. The zero-order valence-corrected chi connectivity index (χ0v) is 12.1. The van der Waals surface area contributed by atoms with Crippen molar-refractivity contribution in [3.8, 4) is 5.69 Å². The smallest absolute Gasteiger partial charge is 0.224 e. The Hall–Kier alpha value is -2.94. The number of nitrogens with zero attached hydrogens (tertiary/aromatic N) is 3. The molecular formula is C19H16N3+. The molecule has 0 saturated heterocycles. The molecule has 0 unspecified atom stereocenters. The summed E-state index contributed by atoms with van der Waals surface area (Å²) in [4.78, 5) is 4.56. The fourth-order valence-corrected chi connectivity index (χ4v) is 2.74. The van der Waals surface area contributed by atoms with Crippen molar-refractivity contribution in [1.29, 1.82) is 0 Å². The van der Waals surface area contributed by atoms with E-state index in [2.05, 4.69) is 62.9 Å². The first kappa shape index (κ1) is 12.8.